The molecule has 0 saturated carbocycles. The van der Waals surface area contributed by atoms with Gasteiger partial charge in [0.15, 0.2) is 22.5 Å². The first-order valence-corrected chi connectivity index (χ1v) is 11.4. The van der Waals surface area contributed by atoms with E-state index in [0.717, 1.165) is 14.6 Å². The second-order valence-electron chi connectivity index (χ2n) is 6.71. The van der Waals surface area contributed by atoms with E-state index in [-0.39, 0.29) is 18.3 Å². The summed E-state index contributed by atoms with van der Waals surface area (Å²) in [5.41, 5.74) is 1.39. The molecule has 1 N–H and O–H groups in total. The van der Waals surface area contributed by atoms with Gasteiger partial charge in [-0.1, -0.05) is 23.9 Å². The van der Waals surface area contributed by atoms with Crippen molar-refractivity contribution in [2.75, 3.05) is 44.0 Å². The number of para-hydroxylation sites is 1. The van der Waals surface area contributed by atoms with Gasteiger partial charge >= 0.3 is 0 Å². The summed E-state index contributed by atoms with van der Waals surface area (Å²) in [5, 5.41) is 2.74. The Morgan fingerprint density at radius 3 is 2.84 bits per heavy atom. The molecule has 1 aliphatic heterocycles. The van der Waals surface area contributed by atoms with Crippen molar-refractivity contribution in [3.63, 3.8) is 0 Å². The number of amides is 2. The zero-order chi connectivity index (χ0) is 21.6. The molecule has 2 heterocycles. The molecule has 162 valence electrons. The van der Waals surface area contributed by atoms with Gasteiger partial charge in [-0.25, -0.2) is 9.37 Å². The fourth-order valence-electron chi connectivity index (χ4n) is 2.97. The number of thiazole rings is 1. The minimum atomic E-state index is -0.515. The lowest BCUT2D eigenvalue weighted by Gasteiger charge is -2.26. The SMILES string of the molecule is O=C(COc1ccccc1F)Nc1ccc2nc(SCC(=O)N3CCOCC3)sc2c1. The van der Waals surface area contributed by atoms with Crippen LogP contribution in [0.1, 0.15) is 0 Å². The van der Waals surface area contributed by atoms with Gasteiger partial charge in [-0.2, -0.15) is 0 Å². The molecule has 2 aromatic carbocycles. The fourth-order valence-corrected chi connectivity index (χ4v) is 4.98. The smallest absolute Gasteiger partial charge is 0.262 e. The van der Waals surface area contributed by atoms with E-state index < -0.39 is 11.7 Å². The molecule has 0 atom stereocenters. The number of hydrogen-bond acceptors (Lipinski definition) is 7. The Balaban J connectivity index is 1.32. The van der Waals surface area contributed by atoms with Crippen LogP contribution in [0.2, 0.25) is 0 Å². The first-order valence-electron chi connectivity index (χ1n) is 9.64. The highest BCUT2D eigenvalue weighted by Gasteiger charge is 2.17. The van der Waals surface area contributed by atoms with Crippen molar-refractivity contribution in [3.05, 3.63) is 48.3 Å². The molecule has 1 saturated heterocycles. The molecule has 7 nitrogen and oxygen atoms in total. The van der Waals surface area contributed by atoms with Crippen LogP contribution >= 0.6 is 23.1 Å². The minimum absolute atomic E-state index is 0.0313. The number of ether oxygens (including phenoxy) is 2. The first-order chi connectivity index (χ1) is 15.1. The van der Waals surface area contributed by atoms with Crippen LogP contribution in [0, 0.1) is 5.82 Å². The Bertz CT molecular complexity index is 1090. The Kier molecular flexibility index (Phi) is 7.00. The number of aromatic nitrogens is 1. The number of nitrogens with zero attached hydrogens (tertiary/aromatic N) is 2. The van der Waals surface area contributed by atoms with Crippen LogP contribution in [0.25, 0.3) is 10.2 Å². The monoisotopic (exact) mass is 461 g/mol. The van der Waals surface area contributed by atoms with Crippen molar-refractivity contribution >= 4 is 50.8 Å². The van der Waals surface area contributed by atoms with Crippen LogP contribution in [-0.4, -0.2) is 60.4 Å². The molecule has 31 heavy (non-hydrogen) atoms. The Hall–Kier alpha value is -2.69. The molecular formula is C21H20FN3O4S2. The number of anilines is 1. The molecule has 0 bridgehead atoms. The third kappa shape index (κ3) is 5.72. The summed E-state index contributed by atoms with van der Waals surface area (Å²) >= 11 is 2.87. The van der Waals surface area contributed by atoms with Crippen molar-refractivity contribution in [2.45, 2.75) is 4.34 Å². The summed E-state index contributed by atoms with van der Waals surface area (Å²) < 4.78 is 25.8. The maximum Gasteiger partial charge on any atom is 0.262 e. The topological polar surface area (TPSA) is 80.8 Å². The van der Waals surface area contributed by atoms with Crippen molar-refractivity contribution in [3.8, 4) is 5.75 Å². The largest absolute Gasteiger partial charge is 0.481 e. The van der Waals surface area contributed by atoms with Crippen molar-refractivity contribution in [1.29, 1.82) is 0 Å². The van der Waals surface area contributed by atoms with E-state index in [9.17, 15) is 14.0 Å². The molecule has 1 fully saturated rings. The Morgan fingerprint density at radius 2 is 2.03 bits per heavy atom. The van der Waals surface area contributed by atoms with Gasteiger partial charge in [-0.3, -0.25) is 9.59 Å². The zero-order valence-corrected chi connectivity index (χ0v) is 18.1. The van der Waals surface area contributed by atoms with Gasteiger partial charge in [0.05, 0.1) is 29.2 Å². The van der Waals surface area contributed by atoms with Crippen LogP contribution in [0.3, 0.4) is 0 Å². The number of fused-ring (bicyclic) bond motifs is 1. The Morgan fingerprint density at radius 1 is 1.23 bits per heavy atom. The molecule has 0 unspecified atom stereocenters. The summed E-state index contributed by atoms with van der Waals surface area (Å²) in [4.78, 5) is 30.8. The van der Waals surface area contributed by atoms with Crippen LogP contribution < -0.4 is 10.1 Å². The lowest BCUT2D eigenvalue weighted by Crippen LogP contribution is -2.41. The second-order valence-corrected chi connectivity index (χ2v) is 8.96. The van der Waals surface area contributed by atoms with Gasteiger partial charge in [0, 0.05) is 18.8 Å². The number of rotatable bonds is 7. The summed E-state index contributed by atoms with van der Waals surface area (Å²) in [6.45, 7) is 2.12. The molecule has 0 spiro atoms. The summed E-state index contributed by atoms with van der Waals surface area (Å²) in [5.74, 6) is -0.466. The van der Waals surface area contributed by atoms with E-state index in [1.807, 2.05) is 12.1 Å². The average molecular weight is 462 g/mol. The van der Waals surface area contributed by atoms with E-state index >= 15 is 0 Å². The number of carbonyl (C=O) groups excluding carboxylic acids is 2. The zero-order valence-electron chi connectivity index (χ0n) is 16.5. The number of carbonyl (C=O) groups is 2. The lowest BCUT2D eigenvalue weighted by molar-refractivity contribution is -0.132. The third-order valence-corrected chi connectivity index (χ3v) is 6.68. The van der Waals surface area contributed by atoms with Crippen molar-refractivity contribution in [1.82, 2.24) is 9.88 Å². The molecule has 10 heteroatoms. The third-order valence-electron chi connectivity index (χ3n) is 4.53. The van der Waals surface area contributed by atoms with Crippen molar-refractivity contribution < 1.29 is 23.5 Å². The predicted molar refractivity (Wildman–Crippen MR) is 118 cm³/mol. The van der Waals surface area contributed by atoms with E-state index in [2.05, 4.69) is 10.3 Å². The maximum atomic E-state index is 13.6. The number of benzene rings is 2. The molecule has 3 aromatic rings. The van der Waals surface area contributed by atoms with Gasteiger partial charge in [0.2, 0.25) is 5.91 Å². The number of nitrogens with one attached hydrogen (secondary N) is 1. The summed E-state index contributed by atoms with van der Waals surface area (Å²) in [7, 11) is 0. The molecule has 1 aromatic heterocycles. The van der Waals surface area contributed by atoms with Gasteiger partial charge < -0.3 is 19.7 Å². The first kappa shape index (κ1) is 21.5. The molecule has 0 radical (unpaired) electrons. The number of thioether (sulfide) groups is 1. The molecule has 0 aliphatic carbocycles. The van der Waals surface area contributed by atoms with Gasteiger partial charge in [-0.05, 0) is 30.3 Å². The molecule has 2 amide bonds. The minimum Gasteiger partial charge on any atom is -0.481 e. The summed E-state index contributed by atoms with van der Waals surface area (Å²) in [6.07, 6.45) is 0. The number of halogens is 1. The molecule has 1 aliphatic rings. The standard InChI is InChI=1S/C21H20FN3O4S2/c22-15-3-1-2-4-17(15)29-12-19(26)23-14-5-6-16-18(11-14)31-21(24-16)30-13-20(27)25-7-9-28-10-8-25/h1-6,11H,7-10,12-13H2,(H,23,26). The van der Waals surface area contributed by atoms with Crippen molar-refractivity contribution in [2.24, 2.45) is 0 Å². The van der Waals surface area contributed by atoms with E-state index in [1.165, 1.54) is 35.2 Å². The number of morpholine rings is 1. The summed E-state index contributed by atoms with van der Waals surface area (Å²) in [6, 6.07) is 11.3. The highest BCUT2D eigenvalue weighted by atomic mass is 32.2. The van der Waals surface area contributed by atoms with Crippen LogP contribution in [0.5, 0.6) is 5.75 Å². The normalized spacial score (nSPS) is 13.9. The predicted octanol–water partition coefficient (Wildman–Crippen LogP) is 3.40. The van der Waals surface area contributed by atoms with Crippen LogP contribution in [0.15, 0.2) is 46.8 Å². The maximum absolute atomic E-state index is 13.6. The highest BCUT2D eigenvalue weighted by molar-refractivity contribution is 8.01. The van der Waals surface area contributed by atoms with Crippen LogP contribution in [-0.2, 0) is 14.3 Å². The van der Waals surface area contributed by atoms with Gasteiger partial charge in [0.1, 0.15) is 0 Å². The van der Waals surface area contributed by atoms with E-state index in [1.54, 1.807) is 23.1 Å². The quantitative estimate of drug-likeness (QED) is 0.543. The highest BCUT2D eigenvalue weighted by Crippen LogP contribution is 2.31. The van der Waals surface area contributed by atoms with E-state index in [0.29, 0.717) is 37.7 Å². The lowest BCUT2D eigenvalue weighted by atomic mass is 10.3. The Labute approximate surface area is 186 Å². The number of hydrogen-bond donors (Lipinski definition) is 1. The molecule has 4 rings (SSSR count). The van der Waals surface area contributed by atoms with Gasteiger partial charge in [-0.15, -0.1) is 11.3 Å². The fraction of sp³-hybridized carbons (Fsp3) is 0.286. The average Bonchev–Trinajstić information content (AvgIpc) is 3.20. The van der Waals surface area contributed by atoms with E-state index in [4.69, 9.17) is 9.47 Å². The van der Waals surface area contributed by atoms with Gasteiger partial charge in [0.25, 0.3) is 5.91 Å². The van der Waals surface area contributed by atoms with Crippen LogP contribution in [0.4, 0.5) is 10.1 Å². The molecular weight excluding hydrogens is 441 g/mol. The second kappa shape index (κ2) is 10.1.